The van der Waals surface area contributed by atoms with E-state index < -0.39 is 0 Å². The largest absolute Gasteiger partial charge is 0.465 e. The molecule has 6 aliphatic carbocycles. The summed E-state index contributed by atoms with van der Waals surface area (Å²) in [7, 11) is 0. The highest BCUT2D eigenvalue weighted by atomic mass is 16.6. The van der Waals surface area contributed by atoms with Crippen LogP contribution >= 0.6 is 0 Å². The highest BCUT2D eigenvalue weighted by molar-refractivity contribution is 5.97. The Kier molecular flexibility index (Phi) is 6.49. The van der Waals surface area contributed by atoms with Crippen LogP contribution in [-0.2, 0) is 33.4 Å². The minimum atomic E-state index is -0.258. The molecular formula is C34H48O7. The second-order valence-corrected chi connectivity index (χ2v) is 15.9. The second-order valence-electron chi connectivity index (χ2n) is 15.9. The quantitative estimate of drug-likeness (QED) is 0.226. The molecule has 0 N–H and O–H groups in total. The maximum Gasteiger partial charge on any atom is 0.317 e. The SMILES string of the molecule is CC1C(C)C2CC1C1C(=O)OC(=O)C21.CC1C(C)C2CC1C1COC(=O)C21.CC1C2CC(C1C)C1(COC(=O)C1)C2. The van der Waals surface area contributed by atoms with E-state index in [1.54, 1.807) is 0 Å². The lowest BCUT2D eigenvalue weighted by Gasteiger charge is -2.38. The minimum absolute atomic E-state index is 0.0393. The Morgan fingerprint density at radius 1 is 0.585 bits per heavy atom. The number of fused-ring (bicyclic) bond motifs is 13. The Bertz CT molecular complexity index is 1120. The molecule has 3 heterocycles. The van der Waals surface area contributed by atoms with Gasteiger partial charge in [-0.2, -0.15) is 0 Å². The lowest BCUT2D eigenvalue weighted by atomic mass is 9.65. The normalized spacial score (nSPS) is 56.2. The summed E-state index contributed by atoms with van der Waals surface area (Å²) in [6.45, 7) is 15.2. The number of carbonyl (C=O) groups excluding carboxylic acids is 4. The lowest BCUT2D eigenvalue weighted by Crippen LogP contribution is -2.35. The van der Waals surface area contributed by atoms with Gasteiger partial charge in [0.05, 0.1) is 37.4 Å². The van der Waals surface area contributed by atoms with Crippen molar-refractivity contribution >= 4 is 23.9 Å². The molecule has 17 atom stereocenters. The summed E-state index contributed by atoms with van der Waals surface area (Å²) in [4.78, 5) is 45.7. The zero-order chi connectivity index (χ0) is 29.1. The zero-order valence-electron chi connectivity index (χ0n) is 25.5. The van der Waals surface area contributed by atoms with Crippen molar-refractivity contribution in [2.24, 2.45) is 100 Å². The van der Waals surface area contributed by atoms with Crippen LogP contribution in [0.3, 0.4) is 0 Å². The standard InChI is InChI=1S/C12H18O2.C11H14O3.C11H16O2/c1-7-8(2)10-3-9(7)4-12(10)5-11(13)14-6-12;1-4-5(2)7-3-6(4)8-9(7)11(13)14-10(8)12;1-5-6(2)8-3-7(5)9-4-13-11(12)10(8)9/h7-10H,3-6H2,1-2H3;4-9H,3H2,1-2H3;5-10H,3-4H2,1-2H3. The molecule has 6 bridgehead atoms. The molecule has 7 nitrogen and oxygen atoms in total. The van der Waals surface area contributed by atoms with Crippen molar-refractivity contribution in [2.75, 3.05) is 13.2 Å². The maximum absolute atomic E-state index is 11.5. The lowest BCUT2D eigenvalue weighted by molar-refractivity contribution is -0.155. The van der Waals surface area contributed by atoms with Gasteiger partial charge in [0.15, 0.2) is 0 Å². The number of hydrogen-bond acceptors (Lipinski definition) is 7. The van der Waals surface area contributed by atoms with Crippen molar-refractivity contribution in [1.82, 2.24) is 0 Å². The van der Waals surface area contributed by atoms with Gasteiger partial charge in [-0.15, -0.1) is 0 Å². The van der Waals surface area contributed by atoms with Gasteiger partial charge in [-0.05, 0) is 96.7 Å². The van der Waals surface area contributed by atoms with Crippen LogP contribution in [0.2, 0.25) is 0 Å². The Balaban J connectivity index is 0.000000101. The van der Waals surface area contributed by atoms with Crippen LogP contribution in [0.4, 0.5) is 0 Å². The van der Waals surface area contributed by atoms with Crippen molar-refractivity contribution in [3.8, 4) is 0 Å². The fourth-order valence-electron chi connectivity index (χ4n) is 12.2. The van der Waals surface area contributed by atoms with Gasteiger partial charge < -0.3 is 14.2 Å². The number of carbonyl (C=O) groups is 4. The van der Waals surface area contributed by atoms with Gasteiger partial charge in [0.1, 0.15) is 0 Å². The van der Waals surface area contributed by atoms with Crippen molar-refractivity contribution in [3.63, 3.8) is 0 Å². The molecule has 41 heavy (non-hydrogen) atoms. The van der Waals surface area contributed by atoms with Crippen molar-refractivity contribution in [3.05, 3.63) is 0 Å². The molecule has 1 spiro atoms. The molecule has 9 fully saturated rings. The first-order valence-corrected chi connectivity index (χ1v) is 16.5. The number of cyclic esters (lactones) is 4. The van der Waals surface area contributed by atoms with Crippen LogP contribution in [0.15, 0.2) is 0 Å². The molecule has 17 unspecified atom stereocenters. The molecule has 226 valence electrons. The van der Waals surface area contributed by atoms with Crippen LogP contribution < -0.4 is 0 Å². The minimum Gasteiger partial charge on any atom is -0.465 e. The summed E-state index contributed by atoms with van der Waals surface area (Å²) < 4.78 is 15.1. The summed E-state index contributed by atoms with van der Waals surface area (Å²) >= 11 is 0. The van der Waals surface area contributed by atoms with E-state index >= 15 is 0 Å². The van der Waals surface area contributed by atoms with Crippen molar-refractivity contribution in [2.45, 2.75) is 73.6 Å². The van der Waals surface area contributed by atoms with E-state index in [1.807, 2.05) is 0 Å². The van der Waals surface area contributed by atoms with E-state index in [4.69, 9.17) is 14.2 Å². The molecule has 6 saturated carbocycles. The number of ether oxygens (including phenoxy) is 3. The van der Waals surface area contributed by atoms with E-state index in [0.717, 1.165) is 47.8 Å². The van der Waals surface area contributed by atoms with Crippen LogP contribution in [0.5, 0.6) is 0 Å². The Hall–Kier alpha value is -1.92. The molecule has 0 aromatic rings. The first-order valence-electron chi connectivity index (χ1n) is 16.5. The molecular weight excluding hydrogens is 520 g/mol. The fourth-order valence-corrected chi connectivity index (χ4v) is 12.2. The second kappa shape index (κ2) is 9.54. The third-order valence-electron chi connectivity index (χ3n) is 14.9. The van der Waals surface area contributed by atoms with Gasteiger partial charge in [-0.25, -0.2) is 0 Å². The number of rotatable bonds is 0. The van der Waals surface area contributed by atoms with Crippen LogP contribution in [0, 0.1) is 100 Å². The van der Waals surface area contributed by atoms with Gasteiger partial charge in [0.25, 0.3) is 0 Å². The molecule has 7 heteroatoms. The van der Waals surface area contributed by atoms with Gasteiger partial charge >= 0.3 is 23.9 Å². The number of hydrogen-bond donors (Lipinski definition) is 0. The third-order valence-corrected chi connectivity index (χ3v) is 14.9. The summed E-state index contributed by atoms with van der Waals surface area (Å²) in [5.41, 5.74) is 0.258. The third kappa shape index (κ3) is 3.88. The first-order chi connectivity index (χ1) is 19.4. The molecule has 9 rings (SSSR count). The molecule has 0 aromatic carbocycles. The summed E-state index contributed by atoms with van der Waals surface area (Å²) in [6, 6.07) is 0. The fraction of sp³-hybridized carbons (Fsp3) is 0.882. The highest BCUT2D eigenvalue weighted by Gasteiger charge is 2.65. The zero-order valence-corrected chi connectivity index (χ0v) is 25.5. The first kappa shape index (κ1) is 27.9. The van der Waals surface area contributed by atoms with E-state index in [9.17, 15) is 19.2 Å². The molecule has 3 saturated heterocycles. The van der Waals surface area contributed by atoms with Crippen LogP contribution in [-0.4, -0.2) is 37.1 Å². The predicted molar refractivity (Wildman–Crippen MR) is 148 cm³/mol. The molecule has 9 aliphatic rings. The summed E-state index contributed by atoms with van der Waals surface area (Å²) in [5.74, 6) is 8.44. The topological polar surface area (TPSA) is 96.0 Å². The summed E-state index contributed by atoms with van der Waals surface area (Å²) in [5, 5.41) is 0. The molecule has 0 aromatic heterocycles. The average molecular weight is 569 g/mol. The van der Waals surface area contributed by atoms with Crippen LogP contribution in [0.1, 0.15) is 73.6 Å². The Morgan fingerprint density at radius 3 is 1.68 bits per heavy atom. The molecule has 0 radical (unpaired) electrons. The van der Waals surface area contributed by atoms with Gasteiger partial charge in [0.2, 0.25) is 0 Å². The summed E-state index contributed by atoms with van der Waals surface area (Å²) in [6.07, 6.45) is 5.63. The van der Waals surface area contributed by atoms with E-state index in [0.29, 0.717) is 55.1 Å². The Morgan fingerprint density at radius 2 is 1.15 bits per heavy atom. The van der Waals surface area contributed by atoms with E-state index in [1.165, 1.54) is 19.3 Å². The van der Waals surface area contributed by atoms with E-state index in [2.05, 4.69) is 41.5 Å². The van der Waals surface area contributed by atoms with Gasteiger partial charge in [-0.3, -0.25) is 19.2 Å². The van der Waals surface area contributed by atoms with Crippen molar-refractivity contribution < 1.29 is 33.4 Å². The average Bonchev–Trinajstić information content (AvgIpc) is 3.79. The molecule has 0 amide bonds. The highest BCUT2D eigenvalue weighted by Crippen LogP contribution is 2.64. The van der Waals surface area contributed by atoms with E-state index in [-0.39, 0.29) is 47.0 Å². The number of esters is 4. The van der Waals surface area contributed by atoms with Crippen molar-refractivity contribution in [1.29, 1.82) is 0 Å². The predicted octanol–water partition coefficient (Wildman–Crippen LogP) is 5.15. The Labute approximate surface area is 244 Å². The smallest absolute Gasteiger partial charge is 0.317 e. The monoisotopic (exact) mass is 568 g/mol. The molecule has 3 aliphatic heterocycles. The van der Waals surface area contributed by atoms with Gasteiger partial charge in [-0.1, -0.05) is 41.5 Å². The van der Waals surface area contributed by atoms with Crippen LogP contribution in [0.25, 0.3) is 0 Å². The van der Waals surface area contributed by atoms with Gasteiger partial charge in [0, 0.05) is 11.3 Å². The maximum atomic E-state index is 11.5.